The molecular weight excluding hydrogens is 314 g/mol. The Morgan fingerprint density at radius 3 is 2.64 bits per heavy atom. The minimum Gasteiger partial charge on any atom is -0.350 e. The van der Waals surface area contributed by atoms with Crippen LogP contribution >= 0.6 is 0 Å². The smallest absolute Gasteiger partial charge is 0.247 e. The van der Waals surface area contributed by atoms with E-state index >= 15 is 0 Å². The molecule has 25 heavy (non-hydrogen) atoms. The Morgan fingerprint density at radius 1 is 1.32 bits per heavy atom. The number of nitrogens with zero attached hydrogens (tertiary/aromatic N) is 2. The minimum atomic E-state index is -0.394. The fourth-order valence-electron chi connectivity index (χ4n) is 3.21. The highest BCUT2D eigenvalue weighted by Crippen LogP contribution is 2.20. The Balaban J connectivity index is 2.16. The van der Waals surface area contributed by atoms with Gasteiger partial charge in [0.05, 0.1) is 0 Å². The van der Waals surface area contributed by atoms with Gasteiger partial charge in [0.2, 0.25) is 11.8 Å². The molecule has 1 N–H and O–H groups in total. The van der Waals surface area contributed by atoms with E-state index in [0.717, 1.165) is 12.0 Å². The highest BCUT2D eigenvalue weighted by atomic mass is 16.2. The van der Waals surface area contributed by atoms with E-state index in [1.165, 1.54) is 0 Å². The average molecular weight is 343 g/mol. The van der Waals surface area contributed by atoms with Gasteiger partial charge in [-0.05, 0) is 42.4 Å². The standard InChI is InChI=1S/C20H29N3O2/c1-14(2)10-17-13-23(18(11-15(3)4)20(25)22-17)19(24)8-7-16-6-5-9-21-12-16/h5-9,12,14-15,17-18H,10-11,13H2,1-4H3,(H,22,25)/t17-,18-/m0/s1. The highest BCUT2D eigenvalue weighted by molar-refractivity contribution is 5.96. The zero-order valence-corrected chi connectivity index (χ0v) is 15.6. The van der Waals surface area contributed by atoms with Crippen LogP contribution in [-0.2, 0) is 9.59 Å². The molecule has 2 amide bonds. The van der Waals surface area contributed by atoms with Crippen molar-refractivity contribution in [1.29, 1.82) is 0 Å². The largest absolute Gasteiger partial charge is 0.350 e. The summed E-state index contributed by atoms with van der Waals surface area (Å²) in [6, 6.07) is 3.35. The molecule has 0 radical (unpaired) electrons. The third-order valence-corrected chi connectivity index (χ3v) is 4.28. The molecule has 0 spiro atoms. The Labute approximate surface area is 150 Å². The lowest BCUT2D eigenvalue weighted by atomic mass is 9.95. The molecule has 0 aliphatic carbocycles. The summed E-state index contributed by atoms with van der Waals surface area (Å²) in [7, 11) is 0. The molecule has 2 rings (SSSR count). The Hall–Kier alpha value is -2.17. The van der Waals surface area contributed by atoms with E-state index < -0.39 is 6.04 Å². The summed E-state index contributed by atoms with van der Waals surface area (Å²) in [6.45, 7) is 8.96. The molecule has 0 unspecified atom stereocenters. The van der Waals surface area contributed by atoms with Gasteiger partial charge >= 0.3 is 0 Å². The second kappa shape index (κ2) is 8.79. The van der Waals surface area contributed by atoms with Crippen molar-refractivity contribution >= 4 is 17.9 Å². The third kappa shape index (κ3) is 5.69. The second-order valence-corrected chi connectivity index (χ2v) is 7.59. The molecule has 1 aliphatic heterocycles. The number of carbonyl (C=O) groups is 2. The molecule has 0 saturated carbocycles. The van der Waals surface area contributed by atoms with Gasteiger partial charge in [-0.2, -0.15) is 0 Å². The molecular formula is C20H29N3O2. The monoisotopic (exact) mass is 343 g/mol. The molecule has 1 aliphatic rings. The van der Waals surface area contributed by atoms with Crippen molar-refractivity contribution < 1.29 is 9.59 Å². The number of nitrogens with one attached hydrogen (secondary N) is 1. The first-order chi connectivity index (χ1) is 11.9. The normalized spacial score (nSPS) is 21.2. The van der Waals surface area contributed by atoms with Crippen molar-refractivity contribution in [2.45, 2.75) is 52.6 Å². The second-order valence-electron chi connectivity index (χ2n) is 7.59. The summed E-state index contributed by atoms with van der Waals surface area (Å²) < 4.78 is 0. The zero-order valence-electron chi connectivity index (χ0n) is 15.6. The van der Waals surface area contributed by atoms with E-state index in [9.17, 15) is 9.59 Å². The maximum Gasteiger partial charge on any atom is 0.247 e. The van der Waals surface area contributed by atoms with Gasteiger partial charge < -0.3 is 10.2 Å². The van der Waals surface area contributed by atoms with Gasteiger partial charge in [0.25, 0.3) is 0 Å². The molecule has 1 fully saturated rings. The Bertz CT molecular complexity index is 611. The topological polar surface area (TPSA) is 62.3 Å². The summed E-state index contributed by atoms with van der Waals surface area (Å²) in [6.07, 6.45) is 8.26. The summed E-state index contributed by atoms with van der Waals surface area (Å²) in [5.74, 6) is 0.664. The van der Waals surface area contributed by atoms with Crippen molar-refractivity contribution in [1.82, 2.24) is 15.2 Å². The lowest BCUT2D eigenvalue weighted by molar-refractivity contribution is -0.142. The van der Waals surface area contributed by atoms with Gasteiger partial charge in [-0.25, -0.2) is 0 Å². The fourth-order valence-corrected chi connectivity index (χ4v) is 3.21. The lowest BCUT2D eigenvalue weighted by Crippen LogP contribution is -2.61. The molecule has 0 bridgehead atoms. The number of hydrogen-bond donors (Lipinski definition) is 1. The number of aromatic nitrogens is 1. The van der Waals surface area contributed by atoms with E-state index in [2.05, 4.69) is 38.0 Å². The van der Waals surface area contributed by atoms with Crippen molar-refractivity contribution in [3.8, 4) is 0 Å². The first-order valence-electron chi connectivity index (χ1n) is 9.06. The van der Waals surface area contributed by atoms with Crippen LogP contribution in [0, 0.1) is 11.8 Å². The van der Waals surface area contributed by atoms with Gasteiger partial charge in [-0.15, -0.1) is 0 Å². The number of carbonyl (C=O) groups excluding carboxylic acids is 2. The zero-order chi connectivity index (χ0) is 18.4. The van der Waals surface area contributed by atoms with Crippen LogP contribution in [0.25, 0.3) is 6.08 Å². The van der Waals surface area contributed by atoms with Crippen molar-refractivity contribution in [3.05, 3.63) is 36.2 Å². The number of pyridine rings is 1. The first-order valence-corrected chi connectivity index (χ1v) is 9.06. The van der Waals surface area contributed by atoms with Crippen LogP contribution in [0.3, 0.4) is 0 Å². The summed E-state index contributed by atoms with van der Waals surface area (Å²) in [4.78, 5) is 31.1. The number of rotatable bonds is 6. The number of hydrogen-bond acceptors (Lipinski definition) is 3. The molecule has 2 atom stereocenters. The molecule has 0 aromatic carbocycles. The van der Waals surface area contributed by atoms with Crippen LogP contribution in [-0.4, -0.2) is 40.3 Å². The predicted molar refractivity (Wildman–Crippen MR) is 99.6 cm³/mol. The molecule has 2 heterocycles. The molecule has 1 saturated heterocycles. The third-order valence-electron chi connectivity index (χ3n) is 4.28. The molecule has 5 heteroatoms. The highest BCUT2D eigenvalue weighted by Gasteiger charge is 2.36. The molecule has 136 valence electrons. The fraction of sp³-hybridized carbons (Fsp3) is 0.550. The predicted octanol–water partition coefficient (Wildman–Crippen LogP) is 2.88. The number of amides is 2. The number of piperazine rings is 1. The van der Waals surface area contributed by atoms with Crippen molar-refractivity contribution in [2.75, 3.05) is 6.54 Å². The minimum absolute atomic E-state index is 0.0201. The van der Waals surface area contributed by atoms with Crippen LogP contribution in [0.5, 0.6) is 0 Å². The van der Waals surface area contributed by atoms with Crippen LogP contribution < -0.4 is 5.32 Å². The van der Waals surface area contributed by atoms with E-state index in [-0.39, 0.29) is 17.9 Å². The molecule has 5 nitrogen and oxygen atoms in total. The van der Waals surface area contributed by atoms with Crippen molar-refractivity contribution in [3.63, 3.8) is 0 Å². The van der Waals surface area contributed by atoms with Gasteiger partial charge in [-0.3, -0.25) is 14.6 Å². The quantitative estimate of drug-likeness (QED) is 0.808. The summed E-state index contributed by atoms with van der Waals surface area (Å²) >= 11 is 0. The van der Waals surface area contributed by atoms with Crippen LogP contribution in [0.1, 0.15) is 46.1 Å². The van der Waals surface area contributed by atoms with E-state index in [1.807, 2.05) is 12.1 Å². The van der Waals surface area contributed by atoms with Gasteiger partial charge in [0.15, 0.2) is 0 Å². The molecule has 1 aromatic rings. The summed E-state index contributed by atoms with van der Waals surface area (Å²) in [5.41, 5.74) is 0.872. The van der Waals surface area contributed by atoms with Crippen molar-refractivity contribution in [2.24, 2.45) is 11.8 Å². The van der Waals surface area contributed by atoms with Crippen LogP contribution in [0.4, 0.5) is 0 Å². The molecule has 1 aromatic heterocycles. The Morgan fingerprint density at radius 2 is 2.04 bits per heavy atom. The maximum atomic E-state index is 12.8. The summed E-state index contributed by atoms with van der Waals surface area (Å²) in [5, 5.41) is 3.09. The maximum absolute atomic E-state index is 12.8. The van der Waals surface area contributed by atoms with Crippen LogP contribution in [0.15, 0.2) is 30.6 Å². The Kier molecular flexibility index (Phi) is 6.73. The van der Waals surface area contributed by atoms with Gasteiger partial charge in [-0.1, -0.05) is 33.8 Å². The van der Waals surface area contributed by atoms with Gasteiger partial charge in [0.1, 0.15) is 6.04 Å². The SMILES string of the molecule is CC(C)C[C@H]1CN(C(=O)C=Cc2cccnc2)[C@@H](CC(C)C)C(=O)N1. The first kappa shape index (κ1) is 19.2. The van der Waals surface area contributed by atoms with E-state index in [1.54, 1.807) is 29.4 Å². The average Bonchev–Trinajstić information content (AvgIpc) is 2.55. The van der Waals surface area contributed by atoms with Gasteiger partial charge in [0, 0.05) is 31.1 Å². The van der Waals surface area contributed by atoms with E-state index in [0.29, 0.717) is 24.8 Å². The van der Waals surface area contributed by atoms with Crippen LogP contribution in [0.2, 0.25) is 0 Å². The van der Waals surface area contributed by atoms with E-state index in [4.69, 9.17) is 0 Å². The lowest BCUT2D eigenvalue weighted by Gasteiger charge is -2.40.